The highest BCUT2D eigenvalue weighted by Gasteiger charge is 2.15. The second-order valence-electron chi connectivity index (χ2n) is 7.36. The molecule has 0 aliphatic carbocycles. The minimum Gasteiger partial charge on any atom is -0.354 e. The summed E-state index contributed by atoms with van der Waals surface area (Å²) in [5, 5.41) is 9.75. The molecule has 0 fully saturated rings. The van der Waals surface area contributed by atoms with Crippen LogP contribution in [0.3, 0.4) is 0 Å². The summed E-state index contributed by atoms with van der Waals surface area (Å²) in [6.45, 7) is 2.92. The van der Waals surface area contributed by atoms with E-state index in [0.29, 0.717) is 13.1 Å². The first kappa shape index (κ1) is 20.9. The first-order chi connectivity index (χ1) is 15.1. The summed E-state index contributed by atoms with van der Waals surface area (Å²) >= 11 is 1.67. The Morgan fingerprint density at radius 3 is 2.71 bits per heavy atom. The molecule has 1 N–H and O–H groups in total. The summed E-state index contributed by atoms with van der Waals surface area (Å²) < 4.78 is 15.2. The molecule has 31 heavy (non-hydrogen) atoms. The number of rotatable bonds is 8. The summed E-state index contributed by atoms with van der Waals surface area (Å²) in [7, 11) is 0. The molecule has 4 rings (SSSR count). The van der Waals surface area contributed by atoms with Crippen molar-refractivity contribution in [2.24, 2.45) is 5.92 Å². The standard InChI is InChI=1S/C24H23FN4OS/c1-17(14-21-5-3-13-31-21)24(30)27-11-12-29-23(19-4-2-10-26-16-19)15-22(28-29)18-6-8-20(25)9-7-18/h2-10,13,15-17H,11-12,14H2,1H3,(H,27,30). The molecular formula is C24H23FN4OS. The lowest BCUT2D eigenvalue weighted by molar-refractivity contribution is -0.124. The van der Waals surface area contributed by atoms with E-state index in [1.54, 1.807) is 35.9 Å². The van der Waals surface area contributed by atoms with Crippen molar-refractivity contribution in [3.8, 4) is 22.5 Å². The van der Waals surface area contributed by atoms with E-state index in [0.717, 1.165) is 28.9 Å². The van der Waals surface area contributed by atoms with Gasteiger partial charge in [0, 0.05) is 40.9 Å². The molecule has 158 valence electrons. The van der Waals surface area contributed by atoms with Gasteiger partial charge in [-0.05, 0) is 60.3 Å². The van der Waals surface area contributed by atoms with Crippen molar-refractivity contribution in [3.63, 3.8) is 0 Å². The number of pyridine rings is 1. The van der Waals surface area contributed by atoms with Gasteiger partial charge in [-0.1, -0.05) is 13.0 Å². The summed E-state index contributed by atoms with van der Waals surface area (Å²) in [6.07, 6.45) is 4.24. The van der Waals surface area contributed by atoms with Crippen LogP contribution in [0.2, 0.25) is 0 Å². The monoisotopic (exact) mass is 434 g/mol. The lowest BCUT2D eigenvalue weighted by Gasteiger charge is -2.12. The van der Waals surface area contributed by atoms with Crippen LogP contribution in [0.5, 0.6) is 0 Å². The highest BCUT2D eigenvalue weighted by Crippen LogP contribution is 2.26. The molecule has 1 unspecified atom stereocenters. The topological polar surface area (TPSA) is 59.8 Å². The van der Waals surface area contributed by atoms with E-state index in [4.69, 9.17) is 5.10 Å². The Labute approximate surface area is 184 Å². The second kappa shape index (κ2) is 9.66. The van der Waals surface area contributed by atoms with Crippen LogP contribution in [0.25, 0.3) is 22.5 Å². The van der Waals surface area contributed by atoms with Crippen LogP contribution >= 0.6 is 11.3 Å². The zero-order valence-corrected chi connectivity index (χ0v) is 18.0. The van der Waals surface area contributed by atoms with Crippen LogP contribution < -0.4 is 5.32 Å². The zero-order chi connectivity index (χ0) is 21.6. The van der Waals surface area contributed by atoms with Gasteiger partial charge < -0.3 is 5.32 Å². The Hall–Kier alpha value is -3.32. The Morgan fingerprint density at radius 2 is 2.00 bits per heavy atom. The Kier molecular flexibility index (Phi) is 6.52. The summed E-state index contributed by atoms with van der Waals surface area (Å²) in [5.74, 6) is -0.346. The SMILES string of the molecule is CC(Cc1cccs1)C(=O)NCCn1nc(-c2ccc(F)cc2)cc1-c1cccnc1. The predicted molar refractivity (Wildman–Crippen MR) is 121 cm³/mol. The number of carbonyl (C=O) groups is 1. The fourth-order valence-corrected chi connectivity index (χ4v) is 4.21. The van der Waals surface area contributed by atoms with Crippen LogP contribution in [0.15, 0.2) is 72.4 Å². The maximum Gasteiger partial charge on any atom is 0.223 e. The van der Waals surface area contributed by atoms with Crippen molar-refractivity contribution < 1.29 is 9.18 Å². The van der Waals surface area contributed by atoms with Crippen molar-refractivity contribution in [1.29, 1.82) is 0 Å². The second-order valence-corrected chi connectivity index (χ2v) is 8.39. The number of aromatic nitrogens is 3. The maximum atomic E-state index is 13.3. The third kappa shape index (κ3) is 5.24. The number of thiophene rings is 1. The lowest BCUT2D eigenvalue weighted by atomic mass is 10.1. The number of carbonyl (C=O) groups excluding carboxylic acids is 1. The molecule has 0 aliphatic heterocycles. The summed E-state index contributed by atoms with van der Waals surface area (Å²) in [4.78, 5) is 17.9. The quantitative estimate of drug-likeness (QED) is 0.433. The Bertz CT molecular complexity index is 1120. The fourth-order valence-electron chi connectivity index (χ4n) is 3.38. The number of benzene rings is 1. The third-order valence-electron chi connectivity index (χ3n) is 5.04. The number of nitrogens with one attached hydrogen (secondary N) is 1. The lowest BCUT2D eigenvalue weighted by Crippen LogP contribution is -2.33. The van der Waals surface area contributed by atoms with E-state index in [1.165, 1.54) is 17.0 Å². The smallest absolute Gasteiger partial charge is 0.223 e. The molecule has 0 radical (unpaired) electrons. The zero-order valence-electron chi connectivity index (χ0n) is 17.2. The van der Waals surface area contributed by atoms with Gasteiger partial charge in [-0.2, -0.15) is 5.10 Å². The van der Waals surface area contributed by atoms with E-state index < -0.39 is 0 Å². The summed E-state index contributed by atoms with van der Waals surface area (Å²) in [6, 6.07) is 16.1. The molecule has 4 aromatic rings. The number of nitrogens with zero attached hydrogens (tertiary/aromatic N) is 3. The summed E-state index contributed by atoms with van der Waals surface area (Å²) in [5.41, 5.74) is 3.41. The van der Waals surface area contributed by atoms with Crippen LogP contribution in [0.1, 0.15) is 11.8 Å². The number of amides is 1. The number of halogens is 1. The Balaban J connectivity index is 1.47. The fraction of sp³-hybridized carbons (Fsp3) is 0.208. The average molecular weight is 435 g/mol. The third-order valence-corrected chi connectivity index (χ3v) is 5.93. The van der Waals surface area contributed by atoms with E-state index in [9.17, 15) is 9.18 Å². The van der Waals surface area contributed by atoms with Crippen molar-refractivity contribution in [2.45, 2.75) is 19.9 Å². The number of hydrogen-bond acceptors (Lipinski definition) is 4. The van der Waals surface area contributed by atoms with Gasteiger partial charge in [-0.25, -0.2) is 4.39 Å². The highest BCUT2D eigenvalue weighted by molar-refractivity contribution is 7.09. The van der Waals surface area contributed by atoms with Crippen LogP contribution in [0, 0.1) is 11.7 Å². The van der Waals surface area contributed by atoms with E-state index >= 15 is 0 Å². The molecule has 1 atom stereocenters. The van der Waals surface area contributed by atoms with Crippen molar-refractivity contribution in [1.82, 2.24) is 20.1 Å². The van der Waals surface area contributed by atoms with Gasteiger partial charge in [0.2, 0.25) is 5.91 Å². The van der Waals surface area contributed by atoms with Crippen LogP contribution in [0.4, 0.5) is 4.39 Å². The molecular weight excluding hydrogens is 411 g/mol. The molecule has 0 aliphatic rings. The van der Waals surface area contributed by atoms with Gasteiger partial charge in [0.05, 0.1) is 17.9 Å². The highest BCUT2D eigenvalue weighted by atomic mass is 32.1. The molecule has 1 aromatic carbocycles. The van der Waals surface area contributed by atoms with Crippen LogP contribution in [-0.2, 0) is 17.8 Å². The number of hydrogen-bond donors (Lipinski definition) is 1. The average Bonchev–Trinajstić information content (AvgIpc) is 3.45. The normalized spacial score (nSPS) is 11.9. The first-order valence-corrected chi connectivity index (χ1v) is 11.0. The molecule has 5 nitrogen and oxygen atoms in total. The maximum absolute atomic E-state index is 13.3. The van der Waals surface area contributed by atoms with Gasteiger partial charge in [-0.15, -0.1) is 11.3 Å². The van der Waals surface area contributed by atoms with E-state index in [2.05, 4.69) is 16.4 Å². The molecule has 0 bridgehead atoms. The van der Waals surface area contributed by atoms with Crippen molar-refractivity contribution in [2.75, 3.05) is 6.54 Å². The predicted octanol–water partition coefficient (Wildman–Crippen LogP) is 4.81. The molecule has 0 spiro atoms. The van der Waals surface area contributed by atoms with Gasteiger partial charge in [0.25, 0.3) is 0 Å². The van der Waals surface area contributed by atoms with E-state index in [1.807, 2.05) is 41.3 Å². The van der Waals surface area contributed by atoms with Gasteiger partial charge in [-0.3, -0.25) is 14.5 Å². The van der Waals surface area contributed by atoms with Gasteiger partial charge >= 0.3 is 0 Å². The van der Waals surface area contributed by atoms with Gasteiger partial charge in [0.1, 0.15) is 5.82 Å². The first-order valence-electron chi connectivity index (χ1n) is 10.1. The minimum atomic E-state index is -0.282. The molecule has 3 heterocycles. The molecule has 0 saturated carbocycles. The molecule has 3 aromatic heterocycles. The molecule has 1 amide bonds. The van der Waals surface area contributed by atoms with Crippen molar-refractivity contribution in [3.05, 3.63) is 83.1 Å². The minimum absolute atomic E-state index is 0.0299. The van der Waals surface area contributed by atoms with E-state index in [-0.39, 0.29) is 17.6 Å². The van der Waals surface area contributed by atoms with Gasteiger partial charge in [0.15, 0.2) is 0 Å². The molecule has 7 heteroatoms. The van der Waals surface area contributed by atoms with Crippen LogP contribution in [-0.4, -0.2) is 27.2 Å². The molecule has 0 saturated heterocycles. The van der Waals surface area contributed by atoms with Crippen molar-refractivity contribution >= 4 is 17.2 Å². The largest absolute Gasteiger partial charge is 0.354 e. The Morgan fingerprint density at radius 1 is 1.16 bits per heavy atom.